The molecule has 0 aliphatic rings. The number of hydrogen-bond donors (Lipinski definition) is 2. The van der Waals surface area contributed by atoms with Crippen molar-refractivity contribution in [2.45, 2.75) is 33.2 Å². The van der Waals surface area contributed by atoms with Crippen LogP contribution in [0.4, 0.5) is 0 Å². The van der Waals surface area contributed by atoms with Crippen molar-refractivity contribution in [3.8, 4) is 5.75 Å². The fourth-order valence-corrected chi connectivity index (χ4v) is 3.38. The SMILES string of the molecule is Cc1ccc(C(C/C=C/c2ccccc2)NC(=O)/C=C/c2ccccc2)cc1OCC(C)C.NC=O. The monoisotopic (exact) mass is 484 g/mol. The van der Waals surface area contributed by atoms with Crippen molar-refractivity contribution in [2.24, 2.45) is 11.7 Å². The second-order valence-electron chi connectivity index (χ2n) is 8.72. The summed E-state index contributed by atoms with van der Waals surface area (Å²) >= 11 is 0. The van der Waals surface area contributed by atoms with Gasteiger partial charge in [0.2, 0.25) is 12.3 Å². The number of aryl methyl sites for hydroxylation is 1. The molecule has 0 radical (unpaired) electrons. The predicted octanol–water partition coefficient (Wildman–Crippen LogP) is 6.11. The van der Waals surface area contributed by atoms with E-state index in [0.717, 1.165) is 28.0 Å². The molecule has 3 aromatic carbocycles. The molecule has 5 heteroatoms. The first-order valence-corrected chi connectivity index (χ1v) is 12.1. The second-order valence-corrected chi connectivity index (χ2v) is 8.72. The first kappa shape index (κ1) is 28.1. The van der Waals surface area contributed by atoms with Gasteiger partial charge in [0, 0.05) is 6.08 Å². The average Bonchev–Trinajstić information content (AvgIpc) is 2.88. The zero-order valence-corrected chi connectivity index (χ0v) is 21.3. The molecule has 0 saturated carbocycles. The minimum atomic E-state index is -0.167. The Morgan fingerprint density at radius 2 is 1.53 bits per heavy atom. The summed E-state index contributed by atoms with van der Waals surface area (Å²) in [6.07, 6.45) is 8.54. The van der Waals surface area contributed by atoms with Gasteiger partial charge in [-0.2, -0.15) is 0 Å². The highest BCUT2D eigenvalue weighted by Crippen LogP contribution is 2.26. The van der Waals surface area contributed by atoms with Crippen LogP contribution in [0.5, 0.6) is 5.75 Å². The van der Waals surface area contributed by atoms with Crippen molar-refractivity contribution in [1.29, 1.82) is 0 Å². The highest BCUT2D eigenvalue weighted by Gasteiger charge is 2.14. The molecule has 0 saturated heterocycles. The van der Waals surface area contributed by atoms with Gasteiger partial charge in [-0.05, 0) is 53.7 Å². The minimum absolute atomic E-state index is 0.123. The lowest BCUT2D eigenvalue weighted by atomic mass is 10.0. The molecule has 3 aromatic rings. The van der Waals surface area contributed by atoms with E-state index < -0.39 is 0 Å². The van der Waals surface area contributed by atoms with Gasteiger partial charge in [-0.3, -0.25) is 9.59 Å². The largest absolute Gasteiger partial charge is 0.493 e. The highest BCUT2D eigenvalue weighted by molar-refractivity contribution is 5.92. The van der Waals surface area contributed by atoms with Crippen LogP contribution in [-0.2, 0) is 9.59 Å². The van der Waals surface area contributed by atoms with E-state index in [1.807, 2.05) is 61.5 Å². The van der Waals surface area contributed by atoms with E-state index in [0.29, 0.717) is 18.9 Å². The molecule has 0 aliphatic carbocycles. The van der Waals surface area contributed by atoms with E-state index in [9.17, 15) is 4.79 Å². The summed E-state index contributed by atoms with van der Waals surface area (Å²) in [6.45, 7) is 6.98. The number of benzene rings is 3. The van der Waals surface area contributed by atoms with Gasteiger partial charge in [-0.25, -0.2) is 0 Å². The maximum atomic E-state index is 12.7. The summed E-state index contributed by atoms with van der Waals surface area (Å²) in [5.74, 6) is 1.19. The molecule has 0 heterocycles. The number of ether oxygens (including phenoxy) is 1. The van der Waals surface area contributed by atoms with Crippen molar-refractivity contribution >= 4 is 24.5 Å². The standard InChI is InChI=1S/C30H33NO2.CH3NO/c1-23(2)22-33-29-21-27(19-17-24(29)3)28(16-10-15-25-11-6-4-7-12-25)31-30(32)20-18-26-13-8-5-9-14-26;2-1-3/h4-15,17-21,23,28H,16,22H2,1-3H3,(H,31,32);1H,(H2,2,3)/b15-10+,20-18+;. The molecule has 0 aliphatic heterocycles. The normalized spacial score (nSPS) is 11.7. The van der Waals surface area contributed by atoms with Crippen LogP contribution in [0.1, 0.15) is 48.6 Å². The molecule has 36 heavy (non-hydrogen) atoms. The van der Waals surface area contributed by atoms with Crippen LogP contribution >= 0.6 is 0 Å². The third kappa shape index (κ3) is 10.4. The van der Waals surface area contributed by atoms with Crippen LogP contribution in [0, 0.1) is 12.8 Å². The van der Waals surface area contributed by atoms with Crippen molar-refractivity contribution < 1.29 is 14.3 Å². The molecular formula is C31H36N2O3. The Morgan fingerprint density at radius 3 is 2.11 bits per heavy atom. The van der Waals surface area contributed by atoms with E-state index in [1.54, 1.807) is 6.08 Å². The van der Waals surface area contributed by atoms with Crippen LogP contribution in [0.3, 0.4) is 0 Å². The van der Waals surface area contributed by atoms with Crippen LogP contribution < -0.4 is 15.8 Å². The fraction of sp³-hybridized carbons (Fsp3) is 0.226. The first-order chi connectivity index (χ1) is 17.4. The smallest absolute Gasteiger partial charge is 0.244 e. The number of hydrogen-bond acceptors (Lipinski definition) is 3. The maximum absolute atomic E-state index is 12.7. The zero-order chi connectivity index (χ0) is 26.2. The molecular weight excluding hydrogens is 448 g/mol. The summed E-state index contributed by atoms with van der Waals surface area (Å²) in [7, 11) is 0. The Bertz CT molecular complexity index is 1120. The van der Waals surface area contributed by atoms with Crippen LogP contribution in [-0.4, -0.2) is 18.9 Å². The van der Waals surface area contributed by atoms with Crippen LogP contribution in [0.25, 0.3) is 12.2 Å². The van der Waals surface area contributed by atoms with Gasteiger partial charge < -0.3 is 15.8 Å². The summed E-state index contributed by atoms with van der Waals surface area (Å²) < 4.78 is 6.03. The number of amides is 2. The number of carbonyl (C=O) groups is 2. The molecule has 0 aromatic heterocycles. The number of nitrogens with one attached hydrogen (secondary N) is 1. The Labute approximate surface area is 214 Å². The van der Waals surface area contributed by atoms with Gasteiger partial charge in [0.25, 0.3) is 0 Å². The van der Waals surface area contributed by atoms with E-state index in [4.69, 9.17) is 9.53 Å². The fourth-order valence-electron chi connectivity index (χ4n) is 3.38. The van der Waals surface area contributed by atoms with Crippen molar-refractivity contribution in [3.05, 3.63) is 113 Å². The van der Waals surface area contributed by atoms with Crippen molar-refractivity contribution in [3.63, 3.8) is 0 Å². The Balaban J connectivity index is 0.00000145. The topological polar surface area (TPSA) is 81.4 Å². The average molecular weight is 485 g/mol. The van der Waals surface area contributed by atoms with Gasteiger partial charge in [-0.1, -0.05) is 98.8 Å². The molecule has 3 N–H and O–H groups in total. The molecule has 2 amide bonds. The second kappa shape index (κ2) is 15.7. The van der Waals surface area contributed by atoms with Gasteiger partial charge in [0.1, 0.15) is 5.75 Å². The number of nitrogens with two attached hydrogens (primary N) is 1. The summed E-state index contributed by atoms with van der Waals surface area (Å²) in [6, 6.07) is 26.0. The lowest BCUT2D eigenvalue weighted by molar-refractivity contribution is -0.117. The summed E-state index contributed by atoms with van der Waals surface area (Å²) in [4.78, 5) is 21.3. The Morgan fingerprint density at radius 1 is 0.944 bits per heavy atom. The molecule has 3 rings (SSSR count). The summed E-state index contributed by atoms with van der Waals surface area (Å²) in [5, 5.41) is 3.17. The molecule has 1 atom stereocenters. The Kier molecular flexibility index (Phi) is 12.3. The lowest BCUT2D eigenvalue weighted by Gasteiger charge is -2.19. The quantitative estimate of drug-likeness (QED) is 0.269. The molecule has 1 unspecified atom stereocenters. The van der Waals surface area contributed by atoms with Gasteiger partial charge in [-0.15, -0.1) is 0 Å². The third-order valence-electron chi connectivity index (χ3n) is 5.21. The molecule has 188 valence electrons. The number of carbonyl (C=O) groups excluding carboxylic acids is 2. The van der Waals surface area contributed by atoms with E-state index in [1.165, 1.54) is 0 Å². The Hall–Kier alpha value is -4.12. The van der Waals surface area contributed by atoms with E-state index in [-0.39, 0.29) is 18.4 Å². The minimum Gasteiger partial charge on any atom is -0.493 e. The maximum Gasteiger partial charge on any atom is 0.244 e. The van der Waals surface area contributed by atoms with Gasteiger partial charge >= 0.3 is 0 Å². The number of rotatable bonds is 10. The molecule has 0 spiro atoms. The van der Waals surface area contributed by atoms with Gasteiger partial charge in [0.15, 0.2) is 0 Å². The molecule has 5 nitrogen and oxygen atoms in total. The first-order valence-electron chi connectivity index (χ1n) is 12.1. The molecule has 0 fully saturated rings. The van der Waals surface area contributed by atoms with Crippen LogP contribution in [0.15, 0.2) is 91.0 Å². The van der Waals surface area contributed by atoms with Crippen molar-refractivity contribution in [2.75, 3.05) is 6.61 Å². The van der Waals surface area contributed by atoms with Crippen molar-refractivity contribution in [1.82, 2.24) is 5.32 Å². The van der Waals surface area contributed by atoms with Gasteiger partial charge in [0.05, 0.1) is 12.6 Å². The van der Waals surface area contributed by atoms with E-state index in [2.05, 4.69) is 67.4 Å². The zero-order valence-electron chi connectivity index (χ0n) is 21.3. The molecule has 0 bridgehead atoms. The predicted molar refractivity (Wildman–Crippen MR) is 148 cm³/mol. The summed E-state index contributed by atoms with van der Waals surface area (Å²) in [5.41, 5.74) is 8.41. The highest BCUT2D eigenvalue weighted by atomic mass is 16.5. The number of primary amides is 1. The lowest BCUT2D eigenvalue weighted by Crippen LogP contribution is -2.26. The van der Waals surface area contributed by atoms with Crippen LogP contribution in [0.2, 0.25) is 0 Å². The third-order valence-corrected chi connectivity index (χ3v) is 5.21. The van der Waals surface area contributed by atoms with E-state index >= 15 is 0 Å².